The van der Waals surface area contributed by atoms with Crippen LogP contribution in [0.5, 0.6) is 0 Å². The molecule has 0 saturated heterocycles. The molecule has 0 aliphatic rings. The number of carboxylic acids is 1. The number of carbonyl (C=O) groups is 2. The van der Waals surface area contributed by atoms with Gasteiger partial charge in [0.1, 0.15) is 11.9 Å². The van der Waals surface area contributed by atoms with Gasteiger partial charge in [0.15, 0.2) is 0 Å². The van der Waals surface area contributed by atoms with E-state index in [2.05, 4.69) is 10.3 Å². The predicted octanol–water partition coefficient (Wildman–Crippen LogP) is 2.44. The van der Waals surface area contributed by atoms with Crippen molar-refractivity contribution in [2.24, 2.45) is 5.73 Å². The number of nitrogens with zero attached hydrogens (tertiary/aromatic N) is 1. The lowest BCUT2D eigenvalue weighted by Gasteiger charge is -2.11. The highest BCUT2D eigenvalue weighted by Crippen LogP contribution is 2.23. The van der Waals surface area contributed by atoms with Crippen LogP contribution < -0.4 is 11.1 Å². The second kappa shape index (κ2) is 7.11. The summed E-state index contributed by atoms with van der Waals surface area (Å²) in [5, 5.41) is 13.4. The Kier molecular flexibility index (Phi) is 4.72. The lowest BCUT2D eigenvalue weighted by atomic mass is 10.0. The third-order valence-electron chi connectivity index (χ3n) is 3.87. The van der Waals surface area contributed by atoms with Crippen molar-refractivity contribution in [3.63, 3.8) is 0 Å². The molecule has 1 amide bonds. The molecule has 3 rings (SSSR count). The molecular formula is C19H17N3O3. The Morgan fingerprint density at radius 3 is 2.60 bits per heavy atom. The molecule has 25 heavy (non-hydrogen) atoms. The van der Waals surface area contributed by atoms with Gasteiger partial charge in [0.05, 0.1) is 0 Å². The summed E-state index contributed by atoms with van der Waals surface area (Å²) < 4.78 is 0. The van der Waals surface area contributed by atoms with Crippen molar-refractivity contribution in [2.75, 3.05) is 5.32 Å². The molecule has 3 aromatic rings. The van der Waals surface area contributed by atoms with E-state index in [0.29, 0.717) is 11.4 Å². The Labute approximate surface area is 144 Å². The summed E-state index contributed by atoms with van der Waals surface area (Å²) in [5.41, 5.74) is 6.90. The van der Waals surface area contributed by atoms with Crippen LogP contribution in [0.15, 0.2) is 60.8 Å². The number of nitrogens with one attached hydrogen (secondary N) is 1. The van der Waals surface area contributed by atoms with Gasteiger partial charge in [-0.2, -0.15) is 0 Å². The van der Waals surface area contributed by atoms with Crippen molar-refractivity contribution in [3.8, 4) is 0 Å². The number of carbonyl (C=O) groups excluding carboxylic acids is 1. The number of benzene rings is 2. The molecule has 1 aromatic heterocycles. The average molecular weight is 335 g/mol. The molecule has 0 fully saturated rings. The van der Waals surface area contributed by atoms with E-state index in [0.717, 1.165) is 16.3 Å². The first-order chi connectivity index (χ1) is 12.0. The Morgan fingerprint density at radius 2 is 1.88 bits per heavy atom. The molecule has 1 unspecified atom stereocenters. The Bertz CT molecular complexity index is 926. The molecule has 6 nitrogen and oxygen atoms in total. The number of fused-ring (bicyclic) bond motifs is 1. The number of aliphatic carboxylic acids is 1. The molecule has 4 N–H and O–H groups in total. The Morgan fingerprint density at radius 1 is 1.12 bits per heavy atom. The normalized spacial score (nSPS) is 11.9. The quantitative estimate of drug-likeness (QED) is 0.664. The standard InChI is InChI=1S/C19H17N3O3/c20-16(19(24)25)11-12-6-7-13-8-9-21-17(15(13)10-12)22-18(23)14-4-2-1-3-5-14/h1-10,16H,11,20H2,(H,24,25)(H,21,22,23). The van der Waals surface area contributed by atoms with E-state index in [1.165, 1.54) is 0 Å². The largest absolute Gasteiger partial charge is 0.480 e. The molecule has 1 heterocycles. The summed E-state index contributed by atoms with van der Waals surface area (Å²) in [4.78, 5) is 27.6. The zero-order chi connectivity index (χ0) is 17.8. The van der Waals surface area contributed by atoms with Crippen molar-refractivity contribution in [1.82, 2.24) is 4.98 Å². The molecule has 0 bridgehead atoms. The molecule has 0 aliphatic carbocycles. The van der Waals surface area contributed by atoms with Crippen molar-refractivity contribution in [2.45, 2.75) is 12.5 Å². The number of nitrogens with two attached hydrogens (primary N) is 1. The van der Waals surface area contributed by atoms with Crippen LogP contribution in [0, 0.1) is 0 Å². The smallest absolute Gasteiger partial charge is 0.320 e. The van der Waals surface area contributed by atoms with E-state index >= 15 is 0 Å². The fourth-order valence-corrected chi connectivity index (χ4v) is 2.55. The summed E-state index contributed by atoms with van der Waals surface area (Å²) in [6.45, 7) is 0. The second-order valence-corrected chi connectivity index (χ2v) is 5.68. The number of rotatable bonds is 5. The third kappa shape index (κ3) is 3.81. The molecule has 2 aromatic carbocycles. The van der Waals surface area contributed by atoms with Crippen LogP contribution in [0.4, 0.5) is 5.82 Å². The average Bonchev–Trinajstić information content (AvgIpc) is 2.62. The van der Waals surface area contributed by atoms with Crippen LogP contribution in [0.3, 0.4) is 0 Å². The predicted molar refractivity (Wildman–Crippen MR) is 95.5 cm³/mol. The highest BCUT2D eigenvalue weighted by Gasteiger charge is 2.14. The number of anilines is 1. The van der Waals surface area contributed by atoms with E-state index in [-0.39, 0.29) is 12.3 Å². The van der Waals surface area contributed by atoms with E-state index in [4.69, 9.17) is 10.8 Å². The maximum absolute atomic E-state index is 12.4. The van der Waals surface area contributed by atoms with Gasteiger partial charge in [0.2, 0.25) is 0 Å². The van der Waals surface area contributed by atoms with Gasteiger partial charge in [-0.25, -0.2) is 4.98 Å². The third-order valence-corrected chi connectivity index (χ3v) is 3.87. The van der Waals surface area contributed by atoms with E-state index < -0.39 is 12.0 Å². The summed E-state index contributed by atoms with van der Waals surface area (Å²) in [6.07, 6.45) is 1.82. The molecular weight excluding hydrogens is 318 g/mol. The van der Waals surface area contributed by atoms with Crippen LogP contribution in [0.2, 0.25) is 0 Å². The number of pyridine rings is 1. The Hall–Kier alpha value is -3.25. The highest BCUT2D eigenvalue weighted by molar-refractivity contribution is 6.08. The highest BCUT2D eigenvalue weighted by atomic mass is 16.4. The summed E-state index contributed by atoms with van der Waals surface area (Å²) in [5.74, 6) is -0.880. The van der Waals surface area contributed by atoms with Crippen LogP contribution in [0.1, 0.15) is 15.9 Å². The van der Waals surface area contributed by atoms with Gasteiger partial charge >= 0.3 is 5.97 Å². The van der Waals surface area contributed by atoms with Crippen LogP contribution in [-0.2, 0) is 11.2 Å². The monoisotopic (exact) mass is 335 g/mol. The maximum Gasteiger partial charge on any atom is 0.320 e. The number of hydrogen-bond acceptors (Lipinski definition) is 4. The van der Waals surface area contributed by atoms with Gasteiger partial charge in [-0.15, -0.1) is 0 Å². The maximum atomic E-state index is 12.4. The summed E-state index contributed by atoms with van der Waals surface area (Å²) in [6, 6.07) is 15.2. The van der Waals surface area contributed by atoms with Gasteiger partial charge in [0.25, 0.3) is 5.91 Å². The van der Waals surface area contributed by atoms with Crippen LogP contribution in [-0.4, -0.2) is 28.0 Å². The fourth-order valence-electron chi connectivity index (χ4n) is 2.55. The van der Waals surface area contributed by atoms with Gasteiger partial charge in [-0.05, 0) is 41.6 Å². The molecule has 0 radical (unpaired) electrons. The molecule has 0 saturated carbocycles. The number of hydrogen-bond donors (Lipinski definition) is 3. The molecule has 6 heteroatoms. The second-order valence-electron chi connectivity index (χ2n) is 5.68. The van der Waals surface area contributed by atoms with Crippen LogP contribution >= 0.6 is 0 Å². The number of carboxylic acid groups (broad SMARTS) is 1. The van der Waals surface area contributed by atoms with Crippen molar-refractivity contribution in [1.29, 1.82) is 0 Å². The van der Waals surface area contributed by atoms with E-state index in [9.17, 15) is 9.59 Å². The first-order valence-electron chi connectivity index (χ1n) is 7.77. The Balaban J connectivity index is 1.92. The first-order valence-corrected chi connectivity index (χ1v) is 7.77. The van der Waals surface area contributed by atoms with Crippen molar-refractivity contribution in [3.05, 3.63) is 71.9 Å². The lowest BCUT2D eigenvalue weighted by molar-refractivity contribution is -0.138. The topological polar surface area (TPSA) is 105 Å². The lowest BCUT2D eigenvalue weighted by Crippen LogP contribution is -2.32. The van der Waals surface area contributed by atoms with E-state index in [1.807, 2.05) is 30.3 Å². The zero-order valence-electron chi connectivity index (χ0n) is 13.3. The van der Waals surface area contributed by atoms with Gasteiger partial charge in [-0.3, -0.25) is 9.59 Å². The molecule has 1 atom stereocenters. The summed E-state index contributed by atoms with van der Waals surface area (Å²) >= 11 is 0. The van der Waals surface area contributed by atoms with Gasteiger partial charge in [0, 0.05) is 17.1 Å². The van der Waals surface area contributed by atoms with Gasteiger partial charge in [-0.1, -0.05) is 30.3 Å². The minimum absolute atomic E-state index is 0.201. The number of amides is 1. The van der Waals surface area contributed by atoms with E-state index in [1.54, 1.807) is 30.5 Å². The molecule has 0 spiro atoms. The minimum Gasteiger partial charge on any atom is -0.480 e. The summed E-state index contributed by atoms with van der Waals surface area (Å²) in [7, 11) is 0. The zero-order valence-corrected chi connectivity index (χ0v) is 13.3. The SMILES string of the molecule is NC(Cc1ccc2ccnc(NC(=O)c3ccccc3)c2c1)C(=O)O. The van der Waals surface area contributed by atoms with Crippen LogP contribution in [0.25, 0.3) is 10.8 Å². The molecule has 0 aliphatic heterocycles. The van der Waals surface area contributed by atoms with Crippen molar-refractivity contribution >= 4 is 28.5 Å². The fraction of sp³-hybridized carbons (Fsp3) is 0.105. The van der Waals surface area contributed by atoms with Gasteiger partial charge < -0.3 is 16.2 Å². The van der Waals surface area contributed by atoms with Crippen molar-refractivity contribution < 1.29 is 14.7 Å². The minimum atomic E-state index is -1.05. The first kappa shape index (κ1) is 16.6. The number of aromatic nitrogens is 1. The molecule has 126 valence electrons.